The van der Waals surface area contributed by atoms with Crippen molar-refractivity contribution in [1.29, 1.82) is 5.26 Å². The third kappa shape index (κ3) is 5.27. The van der Waals surface area contributed by atoms with Crippen molar-refractivity contribution in [3.63, 3.8) is 0 Å². The summed E-state index contributed by atoms with van der Waals surface area (Å²) in [4.78, 5) is 8.27. The van der Waals surface area contributed by atoms with Gasteiger partial charge in [0, 0.05) is 5.56 Å². The number of nitrogens with zero attached hydrogens (tertiary/aromatic N) is 3. The molecule has 0 saturated heterocycles. The molecule has 6 nitrogen and oxygen atoms in total. The van der Waals surface area contributed by atoms with Gasteiger partial charge in [-0.25, -0.2) is 14.4 Å². The van der Waals surface area contributed by atoms with E-state index >= 15 is 0 Å². The summed E-state index contributed by atoms with van der Waals surface area (Å²) in [6.45, 7) is 8.97. The Bertz CT molecular complexity index is 1210. The Hall–Kier alpha value is -3.12. The Labute approximate surface area is 186 Å². The zero-order valence-corrected chi connectivity index (χ0v) is 18.2. The van der Waals surface area contributed by atoms with Gasteiger partial charge in [-0.05, 0) is 31.2 Å². The van der Waals surface area contributed by atoms with Crippen LogP contribution in [-0.2, 0) is 0 Å². The first-order valence-corrected chi connectivity index (χ1v) is 9.85. The van der Waals surface area contributed by atoms with Crippen molar-refractivity contribution in [2.75, 3.05) is 0 Å². The van der Waals surface area contributed by atoms with Crippen LogP contribution in [0.15, 0.2) is 53.8 Å². The van der Waals surface area contributed by atoms with Crippen LogP contribution < -0.4 is 26.7 Å². The van der Waals surface area contributed by atoms with Gasteiger partial charge in [0.1, 0.15) is 27.8 Å². The van der Waals surface area contributed by atoms with E-state index in [0.717, 1.165) is 23.8 Å². The van der Waals surface area contributed by atoms with Gasteiger partial charge in [0.25, 0.3) is 0 Å². The number of nitrogens with one attached hydrogen (secondary N) is 1. The number of hydrogen-bond donors (Lipinski definition) is 3. The average molecular weight is 463 g/mol. The van der Waals surface area contributed by atoms with Crippen molar-refractivity contribution in [2.45, 2.75) is 6.92 Å². The SMILES string of the molecule is C=C/C(F)=c1/nc(-c2c(Cl)cc(C#N)cc2Cl)s/c1=C(/N)N/C(=C/C(=C)C)N=CN. The number of nitrogens with two attached hydrogens (primary N) is 2. The quantitative estimate of drug-likeness (QED) is 0.346. The monoisotopic (exact) mass is 462 g/mol. The summed E-state index contributed by atoms with van der Waals surface area (Å²) >= 11 is 13.6. The lowest BCUT2D eigenvalue weighted by Gasteiger charge is -2.06. The predicted octanol–water partition coefficient (Wildman–Crippen LogP) is 3.27. The molecule has 0 bridgehead atoms. The molecule has 5 N–H and O–H groups in total. The molecule has 0 aliphatic carbocycles. The van der Waals surface area contributed by atoms with Crippen molar-refractivity contribution in [3.8, 4) is 16.6 Å². The molecule has 1 aromatic heterocycles. The van der Waals surface area contributed by atoms with E-state index in [1.54, 1.807) is 13.0 Å². The number of hydrogen-bond acceptors (Lipinski definition) is 6. The molecule has 30 heavy (non-hydrogen) atoms. The number of aliphatic imine (C=N–C) groups is 1. The summed E-state index contributed by atoms with van der Waals surface area (Å²) < 4.78 is 14.8. The van der Waals surface area contributed by atoms with Crippen molar-refractivity contribution in [1.82, 2.24) is 10.3 Å². The predicted molar refractivity (Wildman–Crippen MR) is 123 cm³/mol. The van der Waals surface area contributed by atoms with Crippen LogP contribution in [0.5, 0.6) is 0 Å². The third-order valence-corrected chi connectivity index (χ3v) is 5.22. The molecule has 2 aromatic rings. The number of aromatic nitrogens is 1. The summed E-state index contributed by atoms with van der Waals surface area (Å²) in [5.41, 5.74) is 12.9. The molecule has 2 rings (SSSR count). The van der Waals surface area contributed by atoms with E-state index in [1.165, 1.54) is 12.1 Å². The second-order valence-electron chi connectivity index (χ2n) is 5.87. The first kappa shape index (κ1) is 23.2. The van der Waals surface area contributed by atoms with E-state index in [1.807, 2.05) is 6.07 Å². The van der Waals surface area contributed by atoms with Crippen LogP contribution in [0.1, 0.15) is 12.5 Å². The molecule has 0 spiro atoms. The van der Waals surface area contributed by atoms with Crippen LogP contribution in [0.25, 0.3) is 22.2 Å². The van der Waals surface area contributed by atoms with E-state index < -0.39 is 5.83 Å². The maximum absolute atomic E-state index is 14.5. The lowest BCUT2D eigenvalue weighted by atomic mass is 10.1. The van der Waals surface area contributed by atoms with Gasteiger partial charge in [0.2, 0.25) is 0 Å². The van der Waals surface area contributed by atoms with Crippen LogP contribution in [0.2, 0.25) is 10.0 Å². The van der Waals surface area contributed by atoms with Crippen molar-refractivity contribution >= 4 is 52.5 Å². The molecular weight excluding hydrogens is 446 g/mol. The molecule has 0 aliphatic rings. The first-order chi connectivity index (χ1) is 14.2. The van der Waals surface area contributed by atoms with Crippen LogP contribution >= 0.6 is 34.5 Å². The van der Waals surface area contributed by atoms with Crippen LogP contribution in [0.3, 0.4) is 0 Å². The maximum atomic E-state index is 14.5. The molecule has 1 aromatic carbocycles. The molecule has 10 heteroatoms. The molecule has 154 valence electrons. The highest BCUT2D eigenvalue weighted by atomic mass is 35.5. The molecule has 0 atom stereocenters. The Morgan fingerprint density at radius 3 is 2.53 bits per heavy atom. The number of rotatable bonds is 6. The molecule has 0 amide bonds. The zero-order valence-electron chi connectivity index (χ0n) is 15.8. The van der Waals surface area contributed by atoms with E-state index in [4.69, 9.17) is 39.9 Å². The highest BCUT2D eigenvalue weighted by Gasteiger charge is 2.16. The minimum Gasteiger partial charge on any atom is -0.390 e. The van der Waals surface area contributed by atoms with E-state index in [0.29, 0.717) is 22.0 Å². The van der Waals surface area contributed by atoms with Crippen LogP contribution in [0, 0.1) is 11.3 Å². The summed E-state index contributed by atoms with van der Waals surface area (Å²) in [5, 5.41) is 12.6. The third-order valence-electron chi connectivity index (χ3n) is 3.52. The van der Waals surface area contributed by atoms with Gasteiger partial charge >= 0.3 is 0 Å². The Kier molecular flexibility index (Phi) is 7.78. The van der Waals surface area contributed by atoms with Gasteiger partial charge in [-0.1, -0.05) is 41.9 Å². The molecule has 1 heterocycles. The Morgan fingerprint density at radius 1 is 1.40 bits per heavy atom. The second-order valence-corrected chi connectivity index (χ2v) is 7.68. The number of allylic oxidation sites excluding steroid dienone is 3. The fourth-order valence-corrected chi connectivity index (χ4v) is 4.16. The van der Waals surface area contributed by atoms with Gasteiger partial charge < -0.3 is 16.8 Å². The van der Waals surface area contributed by atoms with Crippen molar-refractivity contribution < 1.29 is 4.39 Å². The average Bonchev–Trinajstić information content (AvgIpc) is 3.11. The van der Waals surface area contributed by atoms with Crippen molar-refractivity contribution in [3.05, 3.63) is 74.3 Å². The smallest absolute Gasteiger partial charge is 0.149 e. The largest absolute Gasteiger partial charge is 0.390 e. The molecule has 0 aliphatic heterocycles. The fourth-order valence-electron chi connectivity index (χ4n) is 2.32. The fraction of sp³-hybridized carbons (Fsp3) is 0.0500. The van der Waals surface area contributed by atoms with Gasteiger partial charge in [-0.3, -0.25) is 0 Å². The van der Waals surface area contributed by atoms with Crippen molar-refractivity contribution in [2.24, 2.45) is 16.5 Å². The molecular formula is C20H17Cl2FN6S. The summed E-state index contributed by atoms with van der Waals surface area (Å²) in [6.07, 6.45) is 3.71. The van der Waals surface area contributed by atoms with E-state index in [2.05, 4.69) is 28.5 Å². The minimum atomic E-state index is -0.689. The minimum absolute atomic E-state index is 0.0436. The lowest BCUT2D eigenvalue weighted by molar-refractivity contribution is 0.755. The molecule has 0 unspecified atom stereocenters. The lowest BCUT2D eigenvalue weighted by Crippen LogP contribution is -2.34. The number of halogens is 3. The number of benzene rings is 1. The Morgan fingerprint density at radius 2 is 2.03 bits per heavy atom. The normalized spacial score (nSPS) is 13.6. The first-order valence-electron chi connectivity index (χ1n) is 8.28. The van der Waals surface area contributed by atoms with E-state index in [9.17, 15) is 4.39 Å². The van der Waals surface area contributed by atoms with E-state index in [-0.39, 0.29) is 31.3 Å². The van der Waals surface area contributed by atoms with Crippen LogP contribution in [0.4, 0.5) is 4.39 Å². The zero-order chi connectivity index (χ0) is 22.4. The summed E-state index contributed by atoms with van der Waals surface area (Å²) in [5.74, 6) is -0.313. The molecule has 0 fully saturated rings. The molecule has 0 saturated carbocycles. The number of thiazole rings is 1. The van der Waals surface area contributed by atoms with Gasteiger partial charge in [-0.15, -0.1) is 11.3 Å². The number of nitriles is 1. The highest BCUT2D eigenvalue weighted by Crippen LogP contribution is 2.35. The summed E-state index contributed by atoms with van der Waals surface area (Å²) in [7, 11) is 0. The summed E-state index contributed by atoms with van der Waals surface area (Å²) in [6, 6.07) is 4.87. The topological polar surface area (TPSA) is 113 Å². The molecule has 0 radical (unpaired) electrons. The standard InChI is InChI=1S/C20H17Cl2FN6S/c1-4-14(23)17-18(19(26)28-15(27-9-25)5-10(2)3)30-20(29-17)16-12(21)6-11(8-24)7-13(16)22/h4-7,9,28H,1-2,26H2,3H3,(H2,25,27)/b15-5+,17-14-,19-18-. The van der Waals surface area contributed by atoms with Crippen LogP contribution in [-0.4, -0.2) is 11.3 Å². The van der Waals surface area contributed by atoms with Gasteiger partial charge in [0.15, 0.2) is 0 Å². The maximum Gasteiger partial charge on any atom is 0.149 e. The second kappa shape index (κ2) is 10.1. The Balaban J connectivity index is 2.79. The van der Waals surface area contributed by atoms with Gasteiger partial charge in [-0.2, -0.15) is 5.26 Å². The highest BCUT2D eigenvalue weighted by molar-refractivity contribution is 7.13. The van der Waals surface area contributed by atoms with Gasteiger partial charge in [0.05, 0.1) is 32.5 Å².